The first-order chi connectivity index (χ1) is 24.5. The number of benzene rings is 1. The van der Waals surface area contributed by atoms with Crippen molar-refractivity contribution in [2.75, 3.05) is 61.5 Å². The van der Waals surface area contributed by atoms with E-state index in [0.29, 0.717) is 33.1 Å². The number of carbonyl (C=O) groups excluding carboxylic acids is 4. The minimum absolute atomic E-state index is 0.0864. The lowest BCUT2D eigenvalue weighted by Crippen LogP contribution is -2.23. The Morgan fingerprint density at radius 1 is 0.569 bits per heavy atom. The Morgan fingerprint density at radius 3 is 1.49 bits per heavy atom. The van der Waals surface area contributed by atoms with E-state index < -0.39 is 23.9 Å². The second-order valence-corrected chi connectivity index (χ2v) is 12.5. The quantitative estimate of drug-likeness (QED) is 0.141. The molecule has 7 aromatic rings. The number of ether oxygens (including phenoxy) is 4. The highest BCUT2D eigenvalue weighted by Gasteiger charge is 2.33. The van der Waals surface area contributed by atoms with Gasteiger partial charge in [-0.25, -0.2) is 23.8 Å². The van der Waals surface area contributed by atoms with Crippen LogP contribution < -0.4 is 20.1 Å². The number of nitrogens with zero attached hydrogens (tertiary/aromatic N) is 4. The lowest BCUT2D eigenvalue weighted by molar-refractivity contribution is 0.0559. The van der Waals surface area contributed by atoms with Crippen molar-refractivity contribution >= 4 is 68.2 Å². The molecular weight excluding hydrogens is 652 g/mol. The highest BCUT2D eigenvalue weighted by molar-refractivity contribution is 6.17. The number of aromatic nitrogens is 2. The molecule has 0 bridgehead atoms. The zero-order chi connectivity index (χ0) is 36.5. The summed E-state index contributed by atoms with van der Waals surface area (Å²) in [6.07, 6.45) is 0. The van der Waals surface area contributed by atoms with Crippen LogP contribution in [0.1, 0.15) is 52.6 Å². The van der Waals surface area contributed by atoms with Gasteiger partial charge in [0, 0.05) is 48.3 Å². The maximum Gasteiger partial charge on any atom is 0.340 e. The van der Waals surface area contributed by atoms with Crippen LogP contribution >= 0.6 is 0 Å². The summed E-state index contributed by atoms with van der Waals surface area (Å²) < 4.78 is 26.4. The van der Waals surface area contributed by atoms with Crippen molar-refractivity contribution in [3.8, 4) is 0 Å². The molecule has 0 aliphatic heterocycles. The first-order valence-electron chi connectivity index (χ1n) is 16.0. The number of rotatable bonds is 7. The number of carbonyl (C=O) groups is 4. The molecule has 12 heteroatoms. The molecule has 0 spiro atoms. The minimum atomic E-state index is -0.681. The van der Waals surface area contributed by atoms with E-state index in [9.17, 15) is 19.2 Å². The lowest BCUT2D eigenvalue weighted by Gasteiger charge is -2.15. The van der Waals surface area contributed by atoms with Gasteiger partial charge in [-0.1, -0.05) is 30.3 Å². The smallest absolute Gasteiger partial charge is 0.340 e. The maximum absolute atomic E-state index is 13.4. The van der Waals surface area contributed by atoms with Gasteiger partial charge < -0.3 is 32.6 Å². The molecule has 7 rings (SSSR count). The Hall–Kier alpha value is -6.43. The topological polar surface area (TPSA) is 120 Å². The Bertz CT molecular complexity index is 2700. The summed E-state index contributed by atoms with van der Waals surface area (Å²) in [5, 5.41) is 1.53. The molecule has 6 heterocycles. The average molecular weight is 688 g/mol. The molecule has 0 radical (unpaired) electrons. The molecule has 0 N–H and O–H groups in total. The van der Waals surface area contributed by atoms with Gasteiger partial charge in [0.25, 0.3) is 0 Å². The minimum Gasteiger partial charge on any atom is -0.465 e. The second kappa shape index (κ2) is 12.2. The summed E-state index contributed by atoms with van der Waals surface area (Å²) in [6, 6.07) is 21.2. The van der Waals surface area contributed by atoms with Crippen molar-refractivity contribution in [2.24, 2.45) is 0 Å². The first kappa shape index (κ1) is 33.1. The molecular formula is C39H35N4O8+. The van der Waals surface area contributed by atoms with Crippen molar-refractivity contribution in [1.82, 2.24) is 13.4 Å². The van der Waals surface area contributed by atoms with Crippen LogP contribution in [0.15, 0.2) is 66.7 Å². The van der Waals surface area contributed by atoms with Crippen LogP contribution in [0, 0.1) is 0 Å². The van der Waals surface area contributed by atoms with Gasteiger partial charge in [-0.05, 0) is 29.8 Å². The van der Waals surface area contributed by atoms with Crippen LogP contribution in [-0.4, -0.2) is 89.3 Å². The zero-order valence-electron chi connectivity index (χ0n) is 29.4. The predicted octanol–water partition coefficient (Wildman–Crippen LogP) is 3.58. The highest BCUT2D eigenvalue weighted by Crippen LogP contribution is 2.39. The Balaban J connectivity index is 1.77. The Labute approximate surface area is 291 Å². The molecule has 0 fully saturated rings. The van der Waals surface area contributed by atoms with E-state index in [0.717, 1.165) is 33.0 Å². The summed E-state index contributed by atoms with van der Waals surface area (Å²) in [6.45, 7) is 0. The van der Waals surface area contributed by atoms with Crippen molar-refractivity contribution in [1.29, 1.82) is 0 Å². The van der Waals surface area contributed by atoms with Gasteiger partial charge in [0.05, 0.1) is 61.5 Å². The van der Waals surface area contributed by atoms with E-state index in [1.165, 1.54) is 28.4 Å². The fourth-order valence-electron chi connectivity index (χ4n) is 7.09. The molecule has 6 aromatic heterocycles. The standard InChI is InChI=1S/C39H35N4O8/c1-40(2)21-14-25-23(18-29-34(38(46)50-7)32(36(44)48-5)27(16-21)42(25)29)31(20-12-10-9-11-13-20)24-19-30-35(39(47)51-8)33(37(45)49-6)28-17-22(41(3)4)15-26(24)43(28)30/h9-19H,1-8H3/q+1. The van der Waals surface area contributed by atoms with Gasteiger partial charge >= 0.3 is 23.9 Å². The maximum atomic E-state index is 13.4. The molecule has 12 nitrogen and oxygen atoms in total. The fraction of sp³-hybridized carbons (Fsp3) is 0.205. The van der Waals surface area contributed by atoms with Crippen molar-refractivity contribution in [2.45, 2.75) is 0 Å². The molecule has 0 aliphatic carbocycles. The number of esters is 4. The number of hydrogen-bond donors (Lipinski definition) is 0. The fourth-order valence-corrected chi connectivity index (χ4v) is 7.09. The third-order valence-electron chi connectivity index (χ3n) is 9.41. The molecule has 0 aliphatic rings. The molecule has 51 heavy (non-hydrogen) atoms. The van der Waals surface area contributed by atoms with Gasteiger partial charge in [0.1, 0.15) is 36.3 Å². The SMILES string of the molecule is COC(=O)c1c(C(=O)OC)c2cc(/C(c3ccccc3)=c3\cc4c(C(=O)OC)c(C(=O)OC)c5cc(=[N+](C)C)cc3n54)c3cc(N(C)C)cc1n32. The Morgan fingerprint density at radius 2 is 1.00 bits per heavy atom. The third kappa shape index (κ3) is 4.78. The molecule has 0 saturated heterocycles. The predicted molar refractivity (Wildman–Crippen MR) is 192 cm³/mol. The van der Waals surface area contributed by atoms with E-state index in [2.05, 4.69) is 0 Å². The van der Waals surface area contributed by atoms with Gasteiger partial charge in [-0.3, -0.25) is 0 Å². The van der Waals surface area contributed by atoms with E-state index >= 15 is 0 Å². The molecule has 0 amide bonds. The summed E-state index contributed by atoms with van der Waals surface area (Å²) in [5.41, 5.74) is 6.87. The Kier molecular flexibility index (Phi) is 7.89. The molecule has 1 aromatic carbocycles. The van der Waals surface area contributed by atoms with E-state index in [4.69, 9.17) is 18.9 Å². The molecule has 258 valence electrons. The highest BCUT2D eigenvalue weighted by atomic mass is 16.5. The van der Waals surface area contributed by atoms with E-state index in [-0.39, 0.29) is 22.3 Å². The number of methoxy groups -OCH3 is 4. The summed E-state index contributed by atoms with van der Waals surface area (Å²) in [4.78, 5) is 55.3. The van der Waals surface area contributed by atoms with Crippen LogP contribution in [0.25, 0.3) is 38.7 Å². The van der Waals surface area contributed by atoms with E-state index in [1.807, 2.05) is 113 Å². The molecule has 0 unspecified atom stereocenters. The molecule has 0 atom stereocenters. The van der Waals surface area contributed by atoms with Crippen LogP contribution in [0.4, 0.5) is 5.69 Å². The molecule has 0 saturated carbocycles. The number of hydrogen-bond acceptors (Lipinski definition) is 9. The lowest BCUT2D eigenvalue weighted by atomic mass is 9.95. The number of pyridine rings is 2. The van der Waals surface area contributed by atoms with Gasteiger partial charge in [0.15, 0.2) is 0 Å². The van der Waals surface area contributed by atoms with Gasteiger partial charge in [-0.2, -0.15) is 0 Å². The van der Waals surface area contributed by atoms with Crippen molar-refractivity contribution in [3.05, 3.63) is 111 Å². The van der Waals surface area contributed by atoms with Crippen LogP contribution in [0.5, 0.6) is 0 Å². The van der Waals surface area contributed by atoms with Crippen molar-refractivity contribution in [3.63, 3.8) is 0 Å². The largest absolute Gasteiger partial charge is 0.465 e. The average Bonchev–Trinajstić information content (AvgIpc) is 3.88. The summed E-state index contributed by atoms with van der Waals surface area (Å²) in [5.74, 6) is -2.69. The van der Waals surface area contributed by atoms with Crippen LogP contribution in [-0.2, 0) is 18.9 Å². The van der Waals surface area contributed by atoms with E-state index in [1.54, 1.807) is 0 Å². The number of anilines is 1. The first-order valence-corrected chi connectivity index (χ1v) is 16.0. The summed E-state index contributed by atoms with van der Waals surface area (Å²) in [7, 11) is 12.7. The van der Waals surface area contributed by atoms with Crippen LogP contribution in [0.2, 0.25) is 0 Å². The normalized spacial score (nSPS) is 12.2. The van der Waals surface area contributed by atoms with Gasteiger partial charge in [-0.15, -0.1) is 0 Å². The second-order valence-electron chi connectivity index (χ2n) is 12.5. The third-order valence-corrected chi connectivity index (χ3v) is 9.41. The van der Waals surface area contributed by atoms with Crippen LogP contribution in [0.3, 0.4) is 0 Å². The zero-order valence-corrected chi connectivity index (χ0v) is 29.4. The summed E-state index contributed by atoms with van der Waals surface area (Å²) >= 11 is 0. The van der Waals surface area contributed by atoms with Crippen molar-refractivity contribution < 1.29 is 38.1 Å². The monoisotopic (exact) mass is 687 g/mol. The van der Waals surface area contributed by atoms with Gasteiger partial charge in [0.2, 0.25) is 5.36 Å².